The van der Waals surface area contributed by atoms with Crippen molar-refractivity contribution in [2.45, 2.75) is 63.8 Å². The Labute approximate surface area is 106 Å². The Kier molecular flexibility index (Phi) is 3.72. The summed E-state index contributed by atoms with van der Waals surface area (Å²) in [5, 5.41) is 3.63. The normalized spacial score (nSPS) is 34.2. The molecule has 0 aromatic rings. The van der Waals surface area contributed by atoms with Crippen LogP contribution in [-0.4, -0.2) is 37.1 Å². The monoisotopic (exact) mass is 236 g/mol. The molecule has 1 spiro atoms. The predicted octanol–water partition coefficient (Wildman–Crippen LogP) is 2.78. The van der Waals surface area contributed by atoms with Gasteiger partial charge in [-0.05, 0) is 63.6 Å². The zero-order valence-electron chi connectivity index (χ0n) is 11.2. The van der Waals surface area contributed by atoms with Gasteiger partial charge >= 0.3 is 0 Å². The maximum absolute atomic E-state index is 3.63. The number of nitrogens with zero attached hydrogens (tertiary/aromatic N) is 1. The highest BCUT2D eigenvalue weighted by atomic mass is 15.2. The van der Waals surface area contributed by atoms with Crippen molar-refractivity contribution >= 4 is 0 Å². The fraction of sp³-hybridized carbons (Fsp3) is 1.00. The molecule has 3 fully saturated rings. The lowest BCUT2D eigenvalue weighted by Gasteiger charge is -2.44. The minimum absolute atomic E-state index is 0.776. The van der Waals surface area contributed by atoms with Crippen LogP contribution in [-0.2, 0) is 0 Å². The first-order valence-corrected chi connectivity index (χ1v) is 7.82. The second-order valence-corrected chi connectivity index (χ2v) is 6.65. The summed E-state index contributed by atoms with van der Waals surface area (Å²) in [6.45, 7) is 5.31. The first-order chi connectivity index (χ1) is 8.36. The van der Waals surface area contributed by atoms with E-state index in [0.29, 0.717) is 0 Å². The number of nitrogens with one attached hydrogen (secondary N) is 1. The molecule has 1 atom stereocenters. The highest BCUT2D eigenvalue weighted by Gasteiger charge is 2.35. The van der Waals surface area contributed by atoms with Crippen LogP contribution in [0.2, 0.25) is 0 Å². The highest BCUT2D eigenvalue weighted by molar-refractivity contribution is 4.89. The van der Waals surface area contributed by atoms with Crippen LogP contribution in [0.15, 0.2) is 0 Å². The highest BCUT2D eigenvalue weighted by Crippen LogP contribution is 2.44. The number of hydrogen-bond acceptors (Lipinski definition) is 2. The lowest BCUT2D eigenvalue weighted by atomic mass is 9.68. The van der Waals surface area contributed by atoms with E-state index in [9.17, 15) is 0 Å². The molecule has 2 aliphatic heterocycles. The van der Waals surface area contributed by atoms with E-state index in [1.807, 2.05) is 0 Å². The molecule has 2 heteroatoms. The number of piperidine rings is 1. The zero-order chi connectivity index (χ0) is 11.6. The van der Waals surface area contributed by atoms with Crippen molar-refractivity contribution in [3.8, 4) is 0 Å². The standard InChI is InChI=1S/C15H28N2/c1-2-6-15(7-3-1)8-11-17(12-9-15)13-14-5-4-10-16-14/h14,16H,1-13H2/t14-/m0/s1. The van der Waals surface area contributed by atoms with Crippen LogP contribution >= 0.6 is 0 Å². The van der Waals surface area contributed by atoms with E-state index >= 15 is 0 Å². The third-order valence-electron chi connectivity index (χ3n) is 5.47. The molecule has 1 N–H and O–H groups in total. The third kappa shape index (κ3) is 2.85. The third-order valence-corrected chi connectivity index (χ3v) is 5.47. The minimum Gasteiger partial charge on any atom is -0.313 e. The summed E-state index contributed by atoms with van der Waals surface area (Å²) in [5.74, 6) is 0. The van der Waals surface area contributed by atoms with Gasteiger partial charge in [0.15, 0.2) is 0 Å². The molecule has 2 saturated heterocycles. The Morgan fingerprint density at radius 3 is 2.35 bits per heavy atom. The smallest absolute Gasteiger partial charge is 0.0195 e. The van der Waals surface area contributed by atoms with Crippen LogP contribution in [0.1, 0.15) is 57.8 Å². The van der Waals surface area contributed by atoms with Gasteiger partial charge in [-0.25, -0.2) is 0 Å². The van der Waals surface area contributed by atoms with Gasteiger partial charge in [-0.1, -0.05) is 19.3 Å². The summed E-state index contributed by atoms with van der Waals surface area (Å²) in [7, 11) is 0. The van der Waals surface area contributed by atoms with Crippen molar-refractivity contribution in [2.24, 2.45) is 5.41 Å². The molecule has 3 aliphatic rings. The summed E-state index contributed by atoms with van der Waals surface area (Å²) in [5.41, 5.74) is 0.776. The molecule has 98 valence electrons. The number of rotatable bonds is 2. The average molecular weight is 236 g/mol. The van der Waals surface area contributed by atoms with E-state index < -0.39 is 0 Å². The molecule has 3 rings (SSSR count). The van der Waals surface area contributed by atoms with Gasteiger partial charge in [0.1, 0.15) is 0 Å². The molecule has 0 radical (unpaired) electrons. The number of hydrogen-bond donors (Lipinski definition) is 1. The van der Waals surface area contributed by atoms with Crippen LogP contribution in [0.25, 0.3) is 0 Å². The van der Waals surface area contributed by atoms with Gasteiger partial charge in [0.05, 0.1) is 0 Å². The van der Waals surface area contributed by atoms with Crippen LogP contribution in [0.4, 0.5) is 0 Å². The molecule has 1 saturated carbocycles. The van der Waals surface area contributed by atoms with Gasteiger partial charge in [-0.3, -0.25) is 0 Å². The quantitative estimate of drug-likeness (QED) is 0.793. The van der Waals surface area contributed by atoms with Crippen molar-refractivity contribution in [1.82, 2.24) is 10.2 Å². The first-order valence-electron chi connectivity index (χ1n) is 7.82. The Hall–Kier alpha value is -0.0800. The number of likely N-dealkylation sites (tertiary alicyclic amines) is 1. The van der Waals surface area contributed by atoms with Gasteiger partial charge in [-0.15, -0.1) is 0 Å². The van der Waals surface area contributed by atoms with E-state index in [-0.39, 0.29) is 0 Å². The van der Waals surface area contributed by atoms with E-state index in [2.05, 4.69) is 10.2 Å². The first kappa shape index (κ1) is 12.0. The Bertz CT molecular complexity index is 229. The largest absolute Gasteiger partial charge is 0.313 e. The summed E-state index contributed by atoms with van der Waals surface area (Å²) in [6.07, 6.45) is 13.3. The van der Waals surface area contributed by atoms with Gasteiger partial charge in [0, 0.05) is 12.6 Å². The summed E-state index contributed by atoms with van der Waals surface area (Å²) in [6, 6.07) is 0.801. The fourth-order valence-electron chi connectivity index (χ4n) is 4.24. The molecular formula is C15H28N2. The van der Waals surface area contributed by atoms with E-state index in [1.165, 1.54) is 84.0 Å². The van der Waals surface area contributed by atoms with Gasteiger partial charge in [0.25, 0.3) is 0 Å². The SMILES string of the molecule is C1CCC2(CC1)CCN(C[C@@H]1CCCN1)CC2. The molecule has 0 aromatic heterocycles. The topological polar surface area (TPSA) is 15.3 Å². The predicted molar refractivity (Wildman–Crippen MR) is 72.2 cm³/mol. The Morgan fingerprint density at radius 1 is 0.941 bits per heavy atom. The fourth-order valence-corrected chi connectivity index (χ4v) is 4.24. The van der Waals surface area contributed by atoms with Gasteiger partial charge in [-0.2, -0.15) is 0 Å². The second-order valence-electron chi connectivity index (χ2n) is 6.65. The molecule has 2 heterocycles. The van der Waals surface area contributed by atoms with Crippen molar-refractivity contribution in [1.29, 1.82) is 0 Å². The van der Waals surface area contributed by atoms with Crippen LogP contribution < -0.4 is 5.32 Å². The molecule has 0 amide bonds. The average Bonchev–Trinajstić information content (AvgIpc) is 2.87. The second kappa shape index (κ2) is 5.27. The lowest BCUT2D eigenvalue weighted by molar-refractivity contribution is 0.0639. The van der Waals surface area contributed by atoms with Crippen LogP contribution in [0.3, 0.4) is 0 Å². The summed E-state index contributed by atoms with van der Waals surface area (Å²) in [4.78, 5) is 2.73. The molecule has 0 bridgehead atoms. The lowest BCUT2D eigenvalue weighted by Crippen LogP contribution is -2.45. The van der Waals surface area contributed by atoms with Crippen molar-refractivity contribution < 1.29 is 0 Å². The Balaban J connectivity index is 1.46. The van der Waals surface area contributed by atoms with Gasteiger partial charge in [0.2, 0.25) is 0 Å². The van der Waals surface area contributed by atoms with E-state index in [1.54, 1.807) is 0 Å². The summed E-state index contributed by atoms with van der Waals surface area (Å²) >= 11 is 0. The molecule has 17 heavy (non-hydrogen) atoms. The zero-order valence-corrected chi connectivity index (χ0v) is 11.2. The molecule has 2 nitrogen and oxygen atoms in total. The molecule has 1 aliphatic carbocycles. The van der Waals surface area contributed by atoms with Crippen molar-refractivity contribution in [2.75, 3.05) is 26.2 Å². The van der Waals surface area contributed by atoms with Crippen LogP contribution in [0, 0.1) is 5.41 Å². The van der Waals surface area contributed by atoms with E-state index in [4.69, 9.17) is 0 Å². The van der Waals surface area contributed by atoms with Crippen molar-refractivity contribution in [3.05, 3.63) is 0 Å². The molecular weight excluding hydrogens is 208 g/mol. The van der Waals surface area contributed by atoms with Crippen molar-refractivity contribution in [3.63, 3.8) is 0 Å². The van der Waals surface area contributed by atoms with Gasteiger partial charge < -0.3 is 10.2 Å². The molecule has 0 unspecified atom stereocenters. The summed E-state index contributed by atoms with van der Waals surface area (Å²) < 4.78 is 0. The van der Waals surface area contributed by atoms with E-state index in [0.717, 1.165) is 11.5 Å². The molecule has 0 aromatic carbocycles. The maximum Gasteiger partial charge on any atom is 0.0195 e. The minimum atomic E-state index is 0.776. The Morgan fingerprint density at radius 2 is 1.71 bits per heavy atom. The maximum atomic E-state index is 3.63. The van der Waals surface area contributed by atoms with Crippen LogP contribution in [0.5, 0.6) is 0 Å².